The Labute approximate surface area is 119 Å². The van der Waals surface area contributed by atoms with E-state index < -0.39 is 10.9 Å². The molecule has 1 aliphatic carbocycles. The number of hydrogen-bond acceptors (Lipinski definition) is 5. The lowest BCUT2D eigenvalue weighted by Crippen LogP contribution is -2.40. The maximum atomic E-state index is 11.2. The molecule has 0 heterocycles. The van der Waals surface area contributed by atoms with Crippen LogP contribution < -0.4 is 5.32 Å². The first-order valence-electron chi connectivity index (χ1n) is 5.93. The highest BCUT2D eigenvalue weighted by Gasteiger charge is 2.31. The van der Waals surface area contributed by atoms with Gasteiger partial charge in [-0.1, -0.05) is 11.6 Å². The Morgan fingerprint density at radius 3 is 2.70 bits per heavy atom. The third kappa shape index (κ3) is 2.83. The number of carboxylic acid groups (broad SMARTS) is 1. The van der Waals surface area contributed by atoms with Crippen molar-refractivity contribution < 1.29 is 19.6 Å². The first-order valence-corrected chi connectivity index (χ1v) is 6.30. The topological polar surface area (TPSA) is 102 Å². The van der Waals surface area contributed by atoms with E-state index in [-0.39, 0.29) is 34.1 Å². The molecular weight excluding hydrogens is 288 g/mol. The van der Waals surface area contributed by atoms with Crippen LogP contribution in [0.4, 0.5) is 11.4 Å². The van der Waals surface area contributed by atoms with Crippen LogP contribution in [0.1, 0.15) is 23.2 Å². The summed E-state index contributed by atoms with van der Waals surface area (Å²) < 4.78 is 5.13. The van der Waals surface area contributed by atoms with Gasteiger partial charge >= 0.3 is 5.97 Å². The van der Waals surface area contributed by atoms with Gasteiger partial charge in [-0.2, -0.15) is 0 Å². The smallest absolute Gasteiger partial charge is 0.338 e. The number of nitrogens with one attached hydrogen (secondary N) is 1. The summed E-state index contributed by atoms with van der Waals surface area (Å²) in [5.41, 5.74) is -0.337. The Morgan fingerprint density at radius 2 is 2.20 bits per heavy atom. The summed E-state index contributed by atoms with van der Waals surface area (Å²) in [5.74, 6) is -1.26. The van der Waals surface area contributed by atoms with Crippen molar-refractivity contribution in [1.29, 1.82) is 0 Å². The highest BCUT2D eigenvalue weighted by molar-refractivity contribution is 6.34. The van der Waals surface area contributed by atoms with Gasteiger partial charge in [0.1, 0.15) is 0 Å². The van der Waals surface area contributed by atoms with Crippen LogP contribution >= 0.6 is 11.6 Å². The zero-order chi connectivity index (χ0) is 14.9. The summed E-state index contributed by atoms with van der Waals surface area (Å²) in [6.45, 7) is 0. The first kappa shape index (κ1) is 14.5. The van der Waals surface area contributed by atoms with Crippen molar-refractivity contribution in [1.82, 2.24) is 0 Å². The molecule has 8 heteroatoms. The number of halogens is 1. The normalized spacial score (nSPS) is 21.1. The van der Waals surface area contributed by atoms with Crippen molar-refractivity contribution in [2.45, 2.75) is 25.0 Å². The predicted octanol–water partition coefficient (Wildman–Crippen LogP) is 2.54. The van der Waals surface area contributed by atoms with E-state index in [0.29, 0.717) is 0 Å². The Morgan fingerprint density at radius 1 is 1.55 bits per heavy atom. The number of non-ortho nitro benzene ring substituents is 1. The molecule has 0 radical (unpaired) electrons. The van der Waals surface area contributed by atoms with Gasteiger partial charge in [-0.05, 0) is 12.8 Å². The summed E-state index contributed by atoms with van der Waals surface area (Å²) in [6.07, 6.45) is 1.63. The summed E-state index contributed by atoms with van der Waals surface area (Å²) in [4.78, 5) is 21.3. The largest absolute Gasteiger partial charge is 0.478 e. The van der Waals surface area contributed by atoms with Crippen LogP contribution in [0.2, 0.25) is 5.02 Å². The SMILES string of the molecule is COC1CC(Nc2c(Cl)cc([N+](=O)[O-])cc2C(=O)O)C1. The first-order chi connectivity index (χ1) is 9.42. The summed E-state index contributed by atoms with van der Waals surface area (Å²) in [7, 11) is 1.61. The molecule has 7 nitrogen and oxygen atoms in total. The lowest BCUT2D eigenvalue weighted by molar-refractivity contribution is -0.384. The molecule has 0 spiro atoms. The standard InChI is InChI=1S/C12H13ClN2O5/c1-20-8-2-6(3-8)14-11-9(12(16)17)4-7(15(18)19)5-10(11)13/h4-6,8,14H,2-3H2,1H3,(H,16,17). The summed E-state index contributed by atoms with van der Waals surface area (Å²) in [6, 6.07) is 2.20. The minimum Gasteiger partial charge on any atom is -0.478 e. The Balaban J connectivity index is 2.27. The number of benzene rings is 1. The van der Waals surface area contributed by atoms with E-state index in [1.807, 2.05) is 0 Å². The monoisotopic (exact) mass is 300 g/mol. The zero-order valence-corrected chi connectivity index (χ0v) is 11.4. The molecule has 1 aromatic carbocycles. The number of carboxylic acids is 1. The van der Waals surface area contributed by atoms with Crippen molar-refractivity contribution >= 4 is 28.9 Å². The molecule has 20 heavy (non-hydrogen) atoms. The molecule has 2 N–H and O–H groups in total. The minimum atomic E-state index is -1.26. The third-order valence-corrected chi connectivity index (χ3v) is 3.59. The molecule has 2 rings (SSSR count). The number of ether oxygens (including phenoxy) is 1. The van der Waals surface area contributed by atoms with Crippen LogP contribution in [-0.2, 0) is 4.74 Å². The van der Waals surface area contributed by atoms with Gasteiger partial charge in [-0.15, -0.1) is 0 Å². The number of methoxy groups -OCH3 is 1. The predicted molar refractivity (Wildman–Crippen MR) is 72.5 cm³/mol. The van der Waals surface area contributed by atoms with E-state index in [0.717, 1.165) is 25.0 Å². The van der Waals surface area contributed by atoms with Gasteiger partial charge < -0.3 is 15.2 Å². The molecule has 0 atom stereocenters. The van der Waals surface area contributed by atoms with E-state index in [9.17, 15) is 14.9 Å². The van der Waals surface area contributed by atoms with Crippen molar-refractivity contribution in [2.75, 3.05) is 12.4 Å². The summed E-state index contributed by atoms with van der Waals surface area (Å²) in [5, 5.41) is 22.9. The maximum absolute atomic E-state index is 11.2. The number of nitrogens with zero attached hydrogens (tertiary/aromatic N) is 1. The van der Waals surface area contributed by atoms with Gasteiger partial charge in [0, 0.05) is 25.3 Å². The van der Waals surface area contributed by atoms with Gasteiger partial charge in [0.25, 0.3) is 5.69 Å². The molecule has 1 aromatic rings. The molecule has 0 amide bonds. The van der Waals surface area contributed by atoms with E-state index in [1.165, 1.54) is 0 Å². The van der Waals surface area contributed by atoms with Crippen molar-refractivity contribution in [3.8, 4) is 0 Å². The Hall–Kier alpha value is -1.86. The number of nitro groups is 1. The van der Waals surface area contributed by atoms with Crippen molar-refractivity contribution in [2.24, 2.45) is 0 Å². The summed E-state index contributed by atoms with van der Waals surface area (Å²) >= 11 is 5.96. The molecule has 1 fully saturated rings. The molecule has 0 aliphatic heterocycles. The second-order valence-electron chi connectivity index (χ2n) is 4.58. The number of rotatable bonds is 5. The van der Waals surface area contributed by atoms with Crippen molar-refractivity contribution in [3.63, 3.8) is 0 Å². The van der Waals surface area contributed by atoms with Crippen LogP contribution in [0.3, 0.4) is 0 Å². The fraction of sp³-hybridized carbons (Fsp3) is 0.417. The number of hydrogen-bond donors (Lipinski definition) is 2. The van der Waals surface area contributed by atoms with E-state index in [1.54, 1.807) is 7.11 Å². The highest BCUT2D eigenvalue weighted by atomic mass is 35.5. The molecular formula is C12H13ClN2O5. The molecule has 0 unspecified atom stereocenters. The van der Waals surface area contributed by atoms with Crippen LogP contribution in [0.15, 0.2) is 12.1 Å². The van der Waals surface area contributed by atoms with Gasteiger partial charge in [0.15, 0.2) is 0 Å². The average molecular weight is 301 g/mol. The Bertz CT molecular complexity index is 557. The lowest BCUT2D eigenvalue weighted by atomic mass is 9.89. The highest BCUT2D eigenvalue weighted by Crippen LogP contribution is 2.35. The van der Waals surface area contributed by atoms with E-state index in [2.05, 4.69) is 5.32 Å². The van der Waals surface area contributed by atoms with Crippen LogP contribution in [0, 0.1) is 10.1 Å². The van der Waals surface area contributed by atoms with E-state index >= 15 is 0 Å². The van der Waals surface area contributed by atoms with Gasteiger partial charge in [-0.3, -0.25) is 10.1 Å². The van der Waals surface area contributed by atoms with Gasteiger partial charge in [0.05, 0.1) is 27.3 Å². The van der Waals surface area contributed by atoms with Crippen LogP contribution in [-0.4, -0.2) is 35.3 Å². The van der Waals surface area contributed by atoms with Gasteiger partial charge in [-0.25, -0.2) is 4.79 Å². The fourth-order valence-corrected chi connectivity index (χ4v) is 2.36. The second kappa shape index (κ2) is 5.64. The zero-order valence-electron chi connectivity index (χ0n) is 10.6. The Kier molecular flexibility index (Phi) is 4.10. The van der Waals surface area contributed by atoms with Crippen LogP contribution in [0.25, 0.3) is 0 Å². The molecule has 108 valence electrons. The van der Waals surface area contributed by atoms with E-state index in [4.69, 9.17) is 21.4 Å². The van der Waals surface area contributed by atoms with Crippen molar-refractivity contribution in [3.05, 3.63) is 32.8 Å². The van der Waals surface area contributed by atoms with Crippen LogP contribution in [0.5, 0.6) is 0 Å². The molecule has 0 saturated heterocycles. The number of carbonyl (C=O) groups is 1. The third-order valence-electron chi connectivity index (χ3n) is 3.29. The minimum absolute atomic E-state index is 0.0254. The quantitative estimate of drug-likeness (QED) is 0.640. The van der Waals surface area contributed by atoms with Gasteiger partial charge in [0.2, 0.25) is 0 Å². The second-order valence-corrected chi connectivity index (χ2v) is 4.99. The molecule has 0 aromatic heterocycles. The number of aromatic carboxylic acids is 1. The fourth-order valence-electron chi connectivity index (χ4n) is 2.09. The molecule has 0 bridgehead atoms. The number of anilines is 1. The molecule has 1 aliphatic rings. The lowest BCUT2D eigenvalue weighted by Gasteiger charge is -2.35. The average Bonchev–Trinajstić information content (AvgIpc) is 2.33. The molecule has 1 saturated carbocycles. The maximum Gasteiger partial charge on any atom is 0.338 e. The number of nitro benzene ring substituents is 1.